The Labute approximate surface area is 126 Å². The lowest BCUT2D eigenvalue weighted by molar-refractivity contribution is 0.0629. The van der Waals surface area contributed by atoms with Gasteiger partial charge in [0.05, 0.1) is 16.2 Å². The molecule has 0 N–H and O–H groups in total. The summed E-state index contributed by atoms with van der Waals surface area (Å²) in [7, 11) is 0. The van der Waals surface area contributed by atoms with Gasteiger partial charge >= 0.3 is 0 Å². The van der Waals surface area contributed by atoms with Crippen LogP contribution in [0.25, 0.3) is 0 Å². The molecular weight excluding hydrogens is 296 g/mol. The van der Waals surface area contributed by atoms with Gasteiger partial charge in [0.25, 0.3) is 5.91 Å². The molecule has 0 atom stereocenters. The average molecular weight is 311 g/mol. The molecule has 3 rings (SSSR count). The fourth-order valence-corrected chi connectivity index (χ4v) is 3.46. The summed E-state index contributed by atoms with van der Waals surface area (Å²) in [6.45, 7) is 4.19. The highest BCUT2D eigenvalue weighted by molar-refractivity contribution is 7.16. The Bertz CT molecular complexity index is 574. The Balaban J connectivity index is 1.53. The Kier molecular flexibility index (Phi) is 4.10. The number of halogens is 1. The molecule has 0 aliphatic carbocycles. The summed E-state index contributed by atoms with van der Waals surface area (Å²) in [5.41, 5.74) is 0.628. The molecule has 0 spiro atoms. The van der Waals surface area contributed by atoms with Gasteiger partial charge in [-0.15, -0.1) is 11.3 Å². The molecule has 0 unspecified atom stereocenters. The van der Waals surface area contributed by atoms with Crippen LogP contribution in [0.5, 0.6) is 0 Å². The van der Waals surface area contributed by atoms with Crippen molar-refractivity contribution >= 4 is 28.8 Å². The first-order valence-electron chi connectivity index (χ1n) is 6.50. The molecule has 1 amide bonds. The van der Waals surface area contributed by atoms with E-state index in [0.29, 0.717) is 5.56 Å². The van der Waals surface area contributed by atoms with Crippen molar-refractivity contribution in [2.45, 2.75) is 6.54 Å². The van der Waals surface area contributed by atoms with Crippen LogP contribution < -0.4 is 0 Å². The van der Waals surface area contributed by atoms with Crippen molar-refractivity contribution in [3.05, 3.63) is 45.5 Å². The van der Waals surface area contributed by atoms with E-state index in [2.05, 4.69) is 11.0 Å². The molecule has 6 heteroatoms. The molecule has 2 aromatic heterocycles. The number of amides is 1. The third-order valence-electron chi connectivity index (χ3n) is 3.44. The Morgan fingerprint density at radius 1 is 1.25 bits per heavy atom. The predicted octanol–water partition coefficient (Wildman–Crippen LogP) is 2.95. The first-order valence-corrected chi connectivity index (χ1v) is 7.70. The highest BCUT2D eigenvalue weighted by Gasteiger charge is 2.22. The number of thiophene rings is 1. The molecule has 1 aliphatic rings. The normalized spacial score (nSPS) is 16.6. The maximum atomic E-state index is 12.2. The van der Waals surface area contributed by atoms with Gasteiger partial charge in [-0.3, -0.25) is 9.69 Å². The maximum Gasteiger partial charge on any atom is 0.257 e. The van der Waals surface area contributed by atoms with E-state index in [1.807, 2.05) is 11.0 Å². The van der Waals surface area contributed by atoms with Gasteiger partial charge in [-0.05, 0) is 18.2 Å². The minimum atomic E-state index is 0.0533. The molecule has 2 aromatic rings. The number of piperazine rings is 1. The average Bonchev–Trinajstić information content (AvgIpc) is 3.11. The van der Waals surface area contributed by atoms with Gasteiger partial charge in [-0.1, -0.05) is 11.6 Å². The molecule has 20 heavy (non-hydrogen) atoms. The van der Waals surface area contributed by atoms with Crippen molar-refractivity contribution in [1.82, 2.24) is 9.80 Å². The molecule has 1 saturated heterocycles. The lowest BCUT2D eigenvalue weighted by Gasteiger charge is -2.34. The highest BCUT2D eigenvalue weighted by atomic mass is 35.5. The lowest BCUT2D eigenvalue weighted by atomic mass is 10.2. The van der Waals surface area contributed by atoms with Crippen LogP contribution >= 0.6 is 22.9 Å². The molecule has 0 aromatic carbocycles. The van der Waals surface area contributed by atoms with Crippen molar-refractivity contribution in [2.24, 2.45) is 0 Å². The lowest BCUT2D eigenvalue weighted by Crippen LogP contribution is -2.48. The van der Waals surface area contributed by atoms with Gasteiger partial charge in [-0.25, -0.2) is 0 Å². The molecule has 106 valence electrons. The first kappa shape index (κ1) is 13.7. The fraction of sp³-hybridized carbons (Fsp3) is 0.357. The van der Waals surface area contributed by atoms with Gasteiger partial charge in [0.1, 0.15) is 6.26 Å². The molecular formula is C14H15ClN2O2S. The van der Waals surface area contributed by atoms with Gasteiger partial charge in [0.2, 0.25) is 0 Å². The van der Waals surface area contributed by atoms with Crippen LogP contribution in [0.2, 0.25) is 4.34 Å². The summed E-state index contributed by atoms with van der Waals surface area (Å²) in [6, 6.07) is 5.71. The fourth-order valence-electron chi connectivity index (χ4n) is 2.33. The number of nitrogens with zero attached hydrogens (tertiary/aromatic N) is 2. The van der Waals surface area contributed by atoms with Crippen molar-refractivity contribution in [3.8, 4) is 0 Å². The number of carbonyl (C=O) groups is 1. The van der Waals surface area contributed by atoms with E-state index in [1.54, 1.807) is 17.4 Å². The monoisotopic (exact) mass is 310 g/mol. The molecule has 3 heterocycles. The van der Waals surface area contributed by atoms with Crippen molar-refractivity contribution in [3.63, 3.8) is 0 Å². The second-order valence-electron chi connectivity index (χ2n) is 4.79. The number of furan rings is 1. The Hall–Kier alpha value is -1.30. The summed E-state index contributed by atoms with van der Waals surface area (Å²) in [6.07, 6.45) is 3.03. The van der Waals surface area contributed by atoms with Crippen LogP contribution in [0.15, 0.2) is 35.1 Å². The topological polar surface area (TPSA) is 36.7 Å². The van der Waals surface area contributed by atoms with E-state index in [0.717, 1.165) is 37.1 Å². The minimum absolute atomic E-state index is 0.0533. The van der Waals surface area contributed by atoms with Gasteiger partial charge in [-0.2, -0.15) is 0 Å². The second kappa shape index (κ2) is 5.99. The maximum absolute atomic E-state index is 12.2. The van der Waals surface area contributed by atoms with E-state index in [-0.39, 0.29) is 5.91 Å². The Morgan fingerprint density at radius 3 is 2.65 bits per heavy atom. The minimum Gasteiger partial charge on any atom is -0.472 e. The summed E-state index contributed by atoms with van der Waals surface area (Å²) < 4.78 is 5.79. The number of rotatable bonds is 3. The van der Waals surface area contributed by atoms with Crippen LogP contribution in [-0.4, -0.2) is 41.9 Å². The van der Waals surface area contributed by atoms with E-state index in [1.165, 1.54) is 17.4 Å². The molecule has 1 aliphatic heterocycles. The quantitative estimate of drug-likeness (QED) is 0.874. The van der Waals surface area contributed by atoms with Crippen LogP contribution in [0.4, 0.5) is 0 Å². The molecule has 0 bridgehead atoms. The van der Waals surface area contributed by atoms with Crippen LogP contribution in [-0.2, 0) is 6.54 Å². The molecule has 0 saturated carbocycles. The van der Waals surface area contributed by atoms with E-state index >= 15 is 0 Å². The number of carbonyl (C=O) groups excluding carboxylic acids is 1. The first-order chi connectivity index (χ1) is 9.72. The molecule has 4 nitrogen and oxygen atoms in total. The van der Waals surface area contributed by atoms with E-state index in [9.17, 15) is 4.79 Å². The Morgan fingerprint density at radius 2 is 2.05 bits per heavy atom. The number of hydrogen-bond acceptors (Lipinski definition) is 4. The van der Waals surface area contributed by atoms with Crippen LogP contribution in [0.1, 0.15) is 15.2 Å². The smallest absolute Gasteiger partial charge is 0.257 e. The largest absolute Gasteiger partial charge is 0.472 e. The SMILES string of the molecule is O=C(c1ccoc1)N1CCN(Cc2ccc(Cl)s2)CC1. The zero-order chi connectivity index (χ0) is 13.9. The summed E-state index contributed by atoms with van der Waals surface area (Å²) in [5.74, 6) is 0.0533. The third-order valence-corrected chi connectivity index (χ3v) is 4.65. The summed E-state index contributed by atoms with van der Waals surface area (Å²) >= 11 is 7.56. The highest BCUT2D eigenvalue weighted by Crippen LogP contribution is 2.23. The number of hydrogen-bond donors (Lipinski definition) is 0. The van der Waals surface area contributed by atoms with Crippen LogP contribution in [0, 0.1) is 0 Å². The van der Waals surface area contributed by atoms with Crippen molar-refractivity contribution in [2.75, 3.05) is 26.2 Å². The van der Waals surface area contributed by atoms with Gasteiger partial charge in [0.15, 0.2) is 0 Å². The van der Waals surface area contributed by atoms with Gasteiger partial charge in [0, 0.05) is 37.6 Å². The second-order valence-corrected chi connectivity index (χ2v) is 6.59. The summed E-state index contributed by atoms with van der Waals surface area (Å²) in [5, 5.41) is 0. The van der Waals surface area contributed by atoms with E-state index < -0.39 is 0 Å². The zero-order valence-electron chi connectivity index (χ0n) is 10.9. The third kappa shape index (κ3) is 3.06. The van der Waals surface area contributed by atoms with Crippen molar-refractivity contribution < 1.29 is 9.21 Å². The standard InChI is InChI=1S/C14H15ClN2O2S/c15-13-2-1-12(20-13)9-16-4-6-17(7-5-16)14(18)11-3-8-19-10-11/h1-3,8,10H,4-7,9H2. The predicted molar refractivity (Wildman–Crippen MR) is 79.2 cm³/mol. The van der Waals surface area contributed by atoms with Crippen LogP contribution in [0.3, 0.4) is 0 Å². The summed E-state index contributed by atoms with van der Waals surface area (Å²) in [4.78, 5) is 17.7. The molecule has 0 radical (unpaired) electrons. The zero-order valence-corrected chi connectivity index (χ0v) is 12.5. The molecule has 1 fully saturated rings. The van der Waals surface area contributed by atoms with Crippen molar-refractivity contribution in [1.29, 1.82) is 0 Å². The van der Waals surface area contributed by atoms with Gasteiger partial charge < -0.3 is 9.32 Å². The van der Waals surface area contributed by atoms with E-state index in [4.69, 9.17) is 16.0 Å².